The fraction of sp³-hybridized carbons (Fsp3) is 0.138. The van der Waals surface area contributed by atoms with Crippen LogP contribution in [-0.4, -0.2) is 35.9 Å². The van der Waals surface area contributed by atoms with Crippen molar-refractivity contribution in [2.45, 2.75) is 23.6 Å². The van der Waals surface area contributed by atoms with E-state index in [1.54, 1.807) is 48.5 Å². The maximum atomic E-state index is 13.6. The van der Waals surface area contributed by atoms with Crippen LogP contribution in [0, 0.1) is 6.92 Å². The van der Waals surface area contributed by atoms with Gasteiger partial charge in [-0.3, -0.25) is 13.8 Å². The van der Waals surface area contributed by atoms with E-state index in [-0.39, 0.29) is 15.5 Å². The number of aryl methyl sites for hydroxylation is 1. The molecule has 0 unspecified atom stereocenters. The Morgan fingerprint density at radius 2 is 1.34 bits per heavy atom. The van der Waals surface area contributed by atoms with Crippen LogP contribution in [0.5, 0.6) is 5.75 Å². The number of sulfonamides is 2. The van der Waals surface area contributed by atoms with Crippen molar-refractivity contribution in [1.82, 2.24) is 0 Å². The summed E-state index contributed by atoms with van der Waals surface area (Å²) in [6.45, 7) is 3.61. The molecule has 12 heteroatoms. The van der Waals surface area contributed by atoms with Gasteiger partial charge in [0.05, 0.1) is 22.1 Å². The summed E-state index contributed by atoms with van der Waals surface area (Å²) in [5.74, 6) is -0.0570. The normalized spacial score (nSPS) is 11.5. The lowest BCUT2D eigenvalue weighted by Gasteiger charge is -2.24. The van der Waals surface area contributed by atoms with E-state index in [0.29, 0.717) is 28.8 Å². The molecule has 0 radical (unpaired) electrons. The number of hydrogen-bond acceptors (Lipinski definition) is 6. The van der Waals surface area contributed by atoms with Gasteiger partial charge >= 0.3 is 0 Å². The van der Waals surface area contributed by atoms with Crippen molar-refractivity contribution >= 4 is 54.6 Å². The second-order valence-corrected chi connectivity index (χ2v) is 12.9. The highest BCUT2D eigenvalue weighted by atomic mass is 35.5. The Morgan fingerprint density at radius 1 is 0.780 bits per heavy atom. The van der Waals surface area contributed by atoms with Gasteiger partial charge in [0, 0.05) is 16.4 Å². The summed E-state index contributed by atoms with van der Waals surface area (Å²) in [7, 11) is -8.00. The standard InChI is InChI=1S/C29H28ClN3O6S2/c1-3-39-26-14-12-25(13-15-26)33(41(37,38)28-16-4-21(2)5-17-28)20-29(34)31-23-10-18-27(19-11-23)40(35,36)32-24-8-6-22(30)7-9-24/h4-19,32H,3,20H2,1-2H3,(H,31,34). The third kappa shape index (κ3) is 7.57. The smallest absolute Gasteiger partial charge is 0.264 e. The number of amides is 1. The average Bonchev–Trinajstić information content (AvgIpc) is 2.94. The fourth-order valence-electron chi connectivity index (χ4n) is 3.81. The van der Waals surface area contributed by atoms with E-state index in [1.807, 2.05) is 13.8 Å². The summed E-state index contributed by atoms with van der Waals surface area (Å²) >= 11 is 5.85. The zero-order valence-electron chi connectivity index (χ0n) is 22.2. The van der Waals surface area contributed by atoms with Crippen LogP contribution in [0.15, 0.2) is 107 Å². The third-order valence-electron chi connectivity index (χ3n) is 5.88. The molecule has 1 amide bonds. The third-order valence-corrected chi connectivity index (χ3v) is 9.31. The molecule has 0 fully saturated rings. The lowest BCUT2D eigenvalue weighted by atomic mass is 10.2. The molecule has 0 spiro atoms. The molecule has 0 heterocycles. The number of benzene rings is 4. The van der Waals surface area contributed by atoms with Gasteiger partial charge in [0.25, 0.3) is 20.0 Å². The van der Waals surface area contributed by atoms with E-state index in [2.05, 4.69) is 10.0 Å². The summed E-state index contributed by atoms with van der Waals surface area (Å²) in [4.78, 5) is 13.1. The predicted molar refractivity (Wildman–Crippen MR) is 161 cm³/mol. The first kappa shape index (κ1) is 29.9. The zero-order valence-corrected chi connectivity index (χ0v) is 24.6. The molecule has 9 nitrogen and oxygen atoms in total. The maximum Gasteiger partial charge on any atom is 0.264 e. The van der Waals surface area contributed by atoms with E-state index >= 15 is 0 Å². The number of hydrogen-bond donors (Lipinski definition) is 2. The predicted octanol–water partition coefficient (Wildman–Crippen LogP) is 5.68. The topological polar surface area (TPSA) is 122 Å². The van der Waals surface area contributed by atoms with Gasteiger partial charge in [0.15, 0.2) is 0 Å². The van der Waals surface area contributed by atoms with Crippen molar-refractivity contribution in [1.29, 1.82) is 0 Å². The Balaban J connectivity index is 1.53. The highest BCUT2D eigenvalue weighted by Crippen LogP contribution is 2.27. The van der Waals surface area contributed by atoms with Crippen molar-refractivity contribution < 1.29 is 26.4 Å². The molecule has 4 aromatic rings. The minimum Gasteiger partial charge on any atom is -0.494 e. The Labute approximate surface area is 244 Å². The van der Waals surface area contributed by atoms with E-state index in [0.717, 1.165) is 9.87 Å². The molecule has 4 aromatic carbocycles. The fourth-order valence-corrected chi connectivity index (χ4v) is 6.41. The molecule has 0 aliphatic heterocycles. The summed E-state index contributed by atoms with van der Waals surface area (Å²) in [6.07, 6.45) is 0. The summed E-state index contributed by atoms with van der Waals surface area (Å²) in [5.41, 5.74) is 1.80. The molecular weight excluding hydrogens is 586 g/mol. The summed E-state index contributed by atoms with van der Waals surface area (Å²) < 4.78 is 61.6. The van der Waals surface area contributed by atoms with Crippen LogP contribution in [0.3, 0.4) is 0 Å². The van der Waals surface area contributed by atoms with Gasteiger partial charge in [0.1, 0.15) is 12.3 Å². The van der Waals surface area contributed by atoms with Gasteiger partial charge < -0.3 is 10.1 Å². The Morgan fingerprint density at radius 3 is 1.93 bits per heavy atom. The molecule has 0 aromatic heterocycles. The minimum atomic E-state index is -4.11. The number of nitrogens with one attached hydrogen (secondary N) is 2. The van der Waals surface area contributed by atoms with Crippen LogP contribution < -0.4 is 19.1 Å². The quantitative estimate of drug-likeness (QED) is 0.224. The van der Waals surface area contributed by atoms with Gasteiger partial charge in [-0.2, -0.15) is 0 Å². The second-order valence-electron chi connectivity index (χ2n) is 8.94. The lowest BCUT2D eigenvalue weighted by Crippen LogP contribution is -2.38. The van der Waals surface area contributed by atoms with Gasteiger partial charge in [0.2, 0.25) is 5.91 Å². The van der Waals surface area contributed by atoms with E-state index in [4.69, 9.17) is 16.3 Å². The molecule has 0 atom stereocenters. The van der Waals surface area contributed by atoms with E-state index < -0.39 is 32.5 Å². The zero-order chi connectivity index (χ0) is 29.6. The second kappa shape index (κ2) is 12.6. The SMILES string of the molecule is CCOc1ccc(N(CC(=O)Nc2ccc(S(=O)(=O)Nc3ccc(Cl)cc3)cc2)S(=O)(=O)c2ccc(C)cc2)cc1. The maximum absolute atomic E-state index is 13.6. The molecule has 214 valence electrons. The highest BCUT2D eigenvalue weighted by Gasteiger charge is 2.27. The molecule has 0 saturated heterocycles. The van der Waals surface area contributed by atoms with Crippen LogP contribution in [0.1, 0.15) is 12.5 Å². The number of carbonyl (C=O) groups excluding carboxylic acids is 1. The highest BCUT2D eigenvalue weighted by molar-refractivity contribution is 7.93. The summed E-state index contributed by atoms with van der Waals surface area (Å²) in [5, 5.41) is 3.11. The monoisotopic (exact) mass is 613 g/mol. The molecule has 2 N–H and O–H groups in total. The number of nitrogens with zero attached hydrogens (tertiary/aromatic N) is 1. The average molecular weight is 614 g/mol. The molecule has 0 aliphatic rings. The Kier molecular flexibility index (Phi) is 9.21. The number of rotatable bonds is 11. The van der Waals surface area contributed by atoms with Gasteiger partial charge in [-0.25, -0.2) is 16.8 Å². The number of ether oxygens (including phenoxy) is 1. The molecule has 0 aliphatic carbocycles. The largest absolute Gasteiger partial charge is 0.494 e. The molecular formula is C29H28ClN3O6S2. The first-order chi connectivity index (χ1) is 19.5. The van der Waals surface area contributed by atoms with Gasteiger partial charge in [-0.1, -0.05) is 29.3 Å². The van der Waals surface area contributed by atoms with Crippen molar-refractivity contribution in [3.05, 3.63) is 108 Å². The van der Waals surface area contributed by atoms with Gasteiger partial charge in [-0.05, 0) is 98.8 Å². The molecule has 4 rings (SSSR count). The Bertz CT molecular complexity index is 1710. The van der Waals surface area contributed by atoms with E-state index in [9.17, 15) is 21.6 Å². The van der Waals surface area contributed by atoms with Crippen LogP contribution in [0.2, 0.25) is 5.02 Å². The lowest BCUT2D eigenvalue weighted by molar-refractivity contribution is -0.114. The molecule has 0 bridgehead atoms. The van der Waals surface area contributed by atoms with Crippen molar-refractivity contribution in [2.75, 3.05) is 27.5 Å². The van der Waals surface area contributed by atoms with Gasteiger partial charge in [-0.15, -0.1) is 0 Å². The van der Waals surface area contributed by atoms with Crippen LogP contribution in [0.25, 0.3) is 0 Å². The van der Waals surface area contributed by atoms with Crippen LogP contribution >= 0.6 is 11.6 Å². The number of anilines is 3. The van der Waals surface area contributed by atoms with E-state index in [1.165, 1.54) is 48.5 Å². The van der Waals surface area contributed by atoms with Crippen molar-refractivity contribution in [3.8, 4) is 5.75 Å². The first-order valence-corrected chi connectivity index (χ1v) is 15.8. The molecule has 0 saturated carbocycles. The minimum absolute atomic E-state index is 0.0246. The summed E-state index contributed by atoms with van der Waals surface area (Å²) in [6, 6.07) is 24.4. The van der Waals surface area contributed by atoms with Crippen molar-refractivity contribution in [3.63, 3.8) is 0 Å². The Hall–Kier alpha value is -4.06. The van der Waals surface area contributed by atoms with Crippen LogP contribution in [0.4, 0.5) is 17.1 Å². The first-order valence-electron chi connectivity index (χ1n) is 12.5. The van der Waals surface area contributed by atoms with Crippen LogP contribution in [-0.2, 0) is 24.8 Å². The molecule has 41 heavy (non-hydrogen) atoms. The number of halogens is 1. The number of carbonyl (C=O) groups is 1. The van der Waals surface area contributed by atoms with Crippen molar-refractivity contribution in [2.24, 2.45) is 0 Å².